The molecule has 1 aromatic carbocycles. The van der Waals surface area contributed by atoms with E-state index in [0.717, 1.165) is 42.7 Å². The maximum Gasteiger partial charge on any atom is 0.573 e. The SMILES string of the molecule is C=Cc1ccnc2c1c(N1CCCCC1)nn2-c1ccc(OC(F)(F)F)cc1. The number of halogens is 3. The Balaban J connectivity index is 1.80. The van der Waals surface area contributed by atoms with Gasteiger partial charge in [-0.15, -0.1) is 18.3 Å². The normalized spacial score (nSPS) is 15.0. The van der Waals surface area contributed by atoms with Crippen molar-refractivity contribution in [1.82, 2.24) is 14.8 Å². The lowest BCUT2D eigenvalue weighted by molar-refractivity contribution is -0.274. The first-order chi connectivity index (χ1) is 13.5. The van der Waals surface area contributed by atoms with Crippen molar-refractivity contribution < 1.29 is 17.9 Å². The van der Waals surface area contributed by atoms with E-state index in [1.54, 1.807) is 17.0 Å². The van der Waals surface area contributed by atoms with E-state index in [1.165, 1.54) is 30.7 Å². The van der Waals surface area contributed by atoms with Crippen molar-refractivity contribution in [2.75, 3.05) is 18.0 Å². The number of pyridine rings is 1. The third kappa shape index (κ3) is 3.54. The number of aromatic nitrogens is 3. The molecule has 0 N–H and O–H groups in total. The monoisotopic (exact) mass is 388 g/mol. The number of alkyl halides is 3. The number of nitrogens with zero attached hydrogens (tertiary/aromatic N) is 4. The fourth-order valence-corrected chi connectivity index (χ4v) is 3.51. The van der Waals surface area contributed by atoms with Crippen LogP contribution in [-0.4, -0.2) is 34.2 Å². The van der Waals surface area contributed by atoms with Gasteiger partial charge >= 0.3 is 6.36 Å². The molecule has 3 heterocycles. The number of ether oxygens (including phenoxy) is 1. The molecule has 5 nitrogen and oxygen atoms in total. The van der Waals surface area contributed by atoms with Gasteiger partial charge in [-0.1, -0.05) is 12.7 Å². The molecule has 0 amide bonds. The Hall–Kier alpha value is -3.03. The molecule has 28 heavy (non-hydrogen) atoms. The van der Waals surface area contributed by atoms with Crippen LogP contribution in [0.1, 0.15) is 24.8 Å². The van der Waals surface area contributed by atoms with Crippen LogP contribution < -0.4 is 9.64 Å². The lowest BCUT2D eigenvalue weighted by Gasteiger charge is -2.27. The van der Waals surface area contributed by atoms with Crippen LogP contribution in [0.5, 0.6) is 5.75 Å². The Bertz CT molecular complexity index is 989. The van der Waals surface area contributed by atoms with Crippen LogP contribution in [0, 0.1) is 0 Å². The second-order valence-electron chi connectivity index (χ2n) is 6.63. The van der Waals surface area contributed by atoms with Gasteiger partial charge in [-0.3, -0.25) is 0 Å². The molecule has 0 aliphatic carbocycles. The van der Waals surface area contributed by atoms with Gasteiger partial charge < -0.3 is 9.64 Å². The van der Waals surface area contributed by atoms with Crippen molar-refractivity contribution in [3.63, 3.8) is 0 Å². The first kappa shape index (κ1) is 18.3. The molecule has 2 aromatic heterocycles. The van der Waals surface area contributed by atoms with Crippen molar-refractivity contribution in [3.8, 4) is 11.4 Å². The first-order valence-corrected chi connectivity index (χ1v) is 9.07. The summed E-state index contributed by atoms with van der Waals surface area (Å²) in [4.78, 5) is 6.71. The van der Waals surface area contributed by atoms with Crippen molar-refractivity contribution in [1.29, 1.82) is 0 Å². The van der Waals surface area contributed by atoms with Crippen LogP contribution in [0.25, 0.3) is 22.8 Å². The maximum absolute atomic E-state index is 12.4. The van der Waals surface area contributed by atoms with Gasteiger partial charge in [0.15, 0.2) is 11.5 Å². The second kappa shape index (κ2) is 7.18. The lowest BCUT2D eigenvalue weighted by Crippen LogP contribution is -2.30. The van der Waals surface area contributed by atoms with Crippen molar-refractivity contribution in [2.45, 2.75) is 25.6 Å². The molecule has 0 saturated carbocycles. The number of benzene rings is 1. The number of hydrogen-bond acceptors (Lipinski definition) is 4. The second-order valence-corrected chi connectivity index (χ2v) is 6.63. The van der Waals surface area contributed by atoms with Crippen LogP contribution in [0.4, 0.5) is 19.0 Å². The van der Waals surface area contributed by atoms with E-state index >= 15 is 0 Å². The zero-order valence-corrected chi connectivity index (χ0v) is 15.1. The molecule has 146 valence electrons. The smallest absolute Gasteiger partial charge is 0.406 e. The van der Waals surface area contributed by atoms with Gasteiger partial charge in [-0.25, -0.2) is 9.67 Å². The van der Waals surface area contributed by atoms with E-state index in [4.69, 9.17) is 5.10 Å². The number of rotatable bonds is 4. The summed E-state index contributed by atoms with van der Waals surface area (Å²) in [5.74, 6) is 0.553. The minimum atomic E-state index is -4.72. The summed E-state index contributed by atoms with van der Waals surface area (Å²) in [6.45, 7) is 5.71. The zero-order valence-electron chi connectivity index (χ0n) is 15.1. The van der Waals surface area contributed by atoms with E-state index in [-0.39, 0.29) is 5.75 Å². The summed E-state index contributed by atoms with van der Waals surface area (Å²) in [5.41, 5.74) is 2.17. The van der Waals surface area contributed by atoms with Crippen molar-refractivity contribution in [2.24, 2.45) is 0 Å². The van der Waals surface area contributed by atoms with E-state index < -0.39 is 6.36 Å². The van der Waals surface area contributed by atoms with E-state index in [2.05, 4.69) is 21.2 Å². The van der Waals surface area contributed by atoms with Gasteiger partial charge in [0.05, 0.1) is 11.1 Å². The van der Waals surface area contributed by atoms with Crippen molar-refractivity contribution >= 4 is 22.9 Å². The number of piperidine rings is 1. The number of hydrogen-bond donors (Lipinski definition) is 0. The molecule has 4 rings (SSSR count). The highest BCUT2D eigenvalue weighted by molar-refractivity contribution is 5.96. The van der Waals surface area contributed by atoms with Crippen molar-refractivity contribution in [3.05, 3.63) is 48.7 Å². The highest BCUT2D eigenvalue weighted by atomic mass is 19.4. The van der Waals surface area contributed by atoms with Gasteiger partial charge in [0.2, 0.25) is 0 Å². The summed E-state index contributed by atoms with van der Waals surface area (Å²) < 4.78 is 42.8. The van der Waals surface area contributed by atoms with Gasteiger partial charge in [-0.2, -0.15) is 0 Å². The summed E-state index contributed by atoms with van der Waals surface area (Å²) in [6, 6.07) is 7.50. The van der Waals surface area contributed by atoms with Gasteiger partial charge in [0.25, 0.3) is 0 Å². The Morgan fingerprint density at radius 2 is 1.75 bits per heavy atom. The fourth-order valence-electron chi connectivity index (χ4n) is 3.51. The van der Waals surface area contributed by atoms with Gasteiger partial charge in [0.1, 0.15) is 5.75 Å². The third-order valence-electron chi connectivity index (χ3n) is 4.77. The van der Waals surface area contributed by atoms with Crippen LogP contribution >= 0.6 is 0 Å². The molecular formula is C20H19F3N4O. The van der Waals surface area contributed by atoms with Crippen LogP contribution in [-0.2, 0) is 0 Å². The molecule has 1 saturated heterocycles. The molecular weight excluding hydrogens is 369 g/mol. The van der Waals surface area contributed by atoms with Gasteiger partial charge in [-0.05, 0) is 55.2 Å². The molecule has 0 unspecified atom stereocenters. The predicted octanol–water partition coefficient (Wildman–Crippen LogP) is 4.95. The molecule has 0 atom stereocenters. The molecule has 8 heteroatoms. The van der Waals surface area contributed by atoms with Crippen LogP contribution in [0.2, 0.25) is 0 Å². The third-order valence-corrected chi connectivity index (χ3v) is 4.77. The average molecular weight is 388 g/mol. The molecule has 0 radical (unpaired) electrons. The summed E-state index contributed by atoms with van der Waals surface area (Å²) >= 11 is 0. The molecule has 1 aliphatic heterocycles. The van der Waals surface area contributed by atoms with Crippen LogP contribution in [0.15, 0.2) is 43.1 Å². The number of anilines is 1. The molecule has 3 aromatic rings. The van der Waals surface area contributed by atoms with Crippen LogP contribution in [0.3, 0.4) is 0 Å². The highest BCUT2D eigenvalue weighted by Gasteiger charge is 2.31. The fraction of sp³-hybridized carbons (Fsp3) is 0.300. The van der Waals surface area contributed by atoms with E-state index in [0.29, 0.717) is 11.3 Å². The first-order valence-electron chi connectivity index (χ1n) is 9.07. The minimum absolute atomic E-state index is 0.274. The molecule has 1 aliphatic rings. The Kier molecular flexibility index (Phi) is 4.70. The lowest BCUT2D eigenvalue weighted by atomic mass is 10.1. The topological polar surface area (TPSA) is 43.2 Å². The standard InChI is InChI=1S/C20H19F3N4O/c1-2-14-10-11-24-18-17(14)19(26-12-4-3-5-13-26)25-27(18)15-6-8-16(9-7-15)28-20(21,22)23/h2,6-11H,1,3-5,12-13H2. The molecule has 0 bridgehead atoms. The maximum atomic E-state index is 12.4. The summed E-state index contributed by atoms with van der Waals surface area (Å²) in [6.07, 6.45) is 2.12. The van der Waals surface area contributed by atoms with E-state index in [9.17, 15) is 13.2 Å². The Labute approximate surface area is 160 Å². The largest absolute Gasteiger partial charge is 0.573 e. The highest BCUT2D eigenvalue weighted by Crippen LogP contribution is 2.33. The molecule has 1 fully saturated rings. The number of fused-ring (bicyclic) bond motifs is 1. The average Bonchev–Trinajstić information content (AvgIpc) is 3.08. The van der Waals surface area contributed by atoms with Gasteiger partial charge in [0, 0.05) is 19.3 Å². The Morgan fingerprint density at radius 3 is 2.39 bits per heavy atom. The minimum Gasteiger partial charge on any atom is -0.406 e. The zero-order chi connectivity index (χ0) is 19.7. The quantitative estimate of drug-likeness (QED) is 0.634. The van der Waals surface area contributed by atoms with E-state index in [1.807, 2.05) is 6.07 Å². The predicted molar refractivity (Wildman–Crippen MR) is 102 cm³/mol. The Morgan fingerprint density at radius 1 is 1.04 bits per heavy atom. The molecule has 0 spiro atoms. The summed E-state index contributed by atoms with van der Waals surface area (Å²) in [5, 5.41) is 5.66. The summed E-state index contributed by atoms with van der Waals surface area (Å²) in [7, 11) is 0.